The molecule has 0 atom stereocenters. The van der Waals surface area contributed by atoms with Crippen molar-refractivity contribution < 1.29 is 9.59 Å². The van der Waals surface area contributed by atoms with Crippen molar-refractivity contribution in [1.29, 1.82) is 0 Å². The molecule has 42 heavy (non-hydrogen) atoms. The highest BCUT2D eigenvalue weighted by Gasteiger charge is 2.19. The van der Waals surface area contributed by atoms with Gasteiger partial charge in [0.1, 0.15) is 0 Å². The summed E-state index contributed by atoms with van der Waals surface area (Å²) in [6.45, 7) is 12.4. The van der Waals surface area contributed by atoms with Gasteiger partial charge in [-0.05, 0) is 93.8 Å². The first kappa shape index (κ1) is 30.7. The normalized spacial score (nSPS) is 19.5. The second-order valence-corrected chi connectivity index (χ2v) is 12.4. The van der Waals surface area contributed by atoms with Crippen LogP contribution >= 0.6 is 0 Å². The number of carbonyl (C=O) groups is 2. The monoisotopic (exact) mass is 574 g/mol. The molecule has 3 fully saturated rings. The van der Waals surface area contributed by atoms with Gasteiger partial charge in [-0.3, -0.25) is 14.5 Å². The van der Waals surface area contributed by atoms with Gasteiger partial charge in [0.05, 0.1) is 0 Å². The molecule has 0 spiro atoms. The summed E-state index contributed by atoms with van der Waals surface area (Å²) in [7, 11) is 2.17. The van der Waals surface area contributed by atoms with Gasteiger partial charge >= 0.3 is 0 Å². The third kappa shape index (κ3) is 8.86. The van der Waals surface area contributed by atoms with Crippen LogP contribution in [0.2, 0.25) is 0 Å². The average molecular weight is 575 g/mol. The van der Waals surface area contributed by atoms with Crippen molar-refractivity contribution in [3.63, 3.8) is 0 Å². The number of hydrogen-bond donors (Lipinski definition) is 2. The third-order valence-electron chi connectivity index (χ3n) is 9.10. The van der Waals surface area contributed by atoms with Gasteiger partial charge in [-0.2, -0.15) is 0 Å². The second kappa shape index (κ2) is 15.6. The van der Waals surface area contributed by atoms with Crippen LogP contribution in [-0.4, -0.2) is 117 Å². The van der Waals surface area contributed by atoms with Crippen LogP contribution in [0.1, 0.15) is 64.8 Å². The van der Waals surface area contributed by atoms with Gasteiger partial charge in [0.15, 0.2) is 0 Å². The van der Waals surface area contributed by atoms with Crippen LogP contribution in [0.15, 0.2) is 42.5 Å². The van der Waals surface area contributed by atoms with Gasteiger partial charge in [0.2, 0.25) is 0 Å². The highest BCUT2D eigenvalue weighted by atomic mass is 16.2. The van der Waals surface area contributed by atoms with Crippen LogP contribution < -0.4 is 10.6 Å². The predicted octanol–water partition coefficient (Wildman–Crippen LogP) is 3.53. The number of carbonyl (C=O) groups excluding carboxylic acids is 2. The Labute approximate surface area is 252 Å². The Morgan fingerprint density at radius 3 is 1.71 bits per heavy atom. The fourth-order valence-electron chi connectivity index (χ4n) is 6.46. The number of benzene rings is 2. The molecule has 2 N–H and O–H groups in total. The van der Waals surface area contributed by atoms with Crippen LogP contribution in [0.5, 0.6) is 0 Å². The van der Waals surface area contributed by atoms with E-state index in [2.05, 4.69) is 55.5 Å². The lowest BCUT2D eigenvalue weighted by Crippen LogP contribution is -2.43. The fourth-order valence-corrected chi connectivity index (χ4v) is 6.46. The van der Waals surface area contributed by atoms with Gasteiger partial charge in [-0.1, -0.05) is 37.1 Å². The van der Waals surface area contributed by atoms with Crippen molar-refractivity contribution in [2.75, 3.05) is 85.6 Å². The molecule has 2 aromatic rings. The molecule has 8 heteroatoms. The van der Waals surface area contributed by atoms with Crippen molar-refractivity contribution in [1.82, 2.24) is 30.2 Å². The zero-order valence-corrected chi connectivity index (χ0v) is 25.6. The number of amides is 2. The van der Waals surface area contributed by atoms with Gasteiger partial charge < -0.3 is 25.3 Å². The molecule has 5 rings (SSSR count). The number of nitrogens with one attached hydrogen (secondary N) is 2. The van der Waals surface area contributed by atoms with Gasteiger partial charge in [0.25, 0.3) is 11.8 Å². The van der Waals surface area contributed by atoms with Gasteiger partial charge in [-0.25, -0.2) is 0 Å². The standard InChI is InChI=1S/C34H50N6O2/c1-37-20-22-40(23-21-37)27-28-10-4-5-11-32(28)29-24-30(33(41)35-12-18-38-14-6-2-7-15-38)26-31(25-29)34(42)36-13-19-39-16-8-3-9-17-39/h4-5,10-11,24-26H,2-3,6-9,12-23,27H2,1H3,(H,35,41)(H,36,42). The van der Waals surface area contributed by atoms with Crippen molar-refractivity contribution in [3.8, 4) is 11.1 Å². The van der Waals surface area contributed by atoms with E-state index in [0.29, 0.717) is 24.2 Å². The van der Waals surface area contributed by atoms with E-state index in [4.69, 9.17) is 0 Å². The van der Waals surface area contributed by atoms with E-state index in [1.54, 1.807) is 6.07 Å². The lowest BCUT2D eigenvalue weighted by Gasteiger charge is -2.32. The predicted molar refractivity (Wildman–Crippen MR) is 170 cm³/mol. The molecule has 3 aliphatic rings. The topological polar surface area (TPSA) is 71.2 Å². The second-order valence-electron chi connectivity index (χ2n) is 12.4. The highest BCUT2D eigenvalue weighted by molar-refractivity contribution is 6.01. The zero-order chi connectivity index (χ0) is 29.1. The molecular formula is C34H50N6O2. The van der Waals surface area contributed by atoms with E-state index in [1.807, 2.05) is 18.2 Å². The molecular weight excluding hydrogens is 524 g/mol. The molecule has 0 unspecified atom stereocenters. The highest BCUT2D eigenvalue weighted by Crippen LogP contribution is 2.28. The Kier molecular flexibility index (Phi) is 11.4. The van der Waals surface area contributed by atoms with Crippen LogP contribution in [-0.2, 0) is 6.54 Å². The molecule has 0 aliphatic carbocycles. The molecule has 3 saturated heterocycles. The minimum absolute atomic E-state index is 0.118. The van der Waals surface area contributed by atoms with Crippen molar-refractivity contribution in [2.24, 2.45) is 0 Å². The molecule has 228 valence electrons. The molecule has 3 aliphatic heterocycles. The van der Waals surface area contributed by atoms with Crippen molar-refractivity contribution >= 4 is 11.8 Å². The average Bonchev–Trinajstić information content (AvgIpc) is 3.03. The van der Waals surface area contributed by atoms with E-state index < -0.39 is 0 Å². The van der Waals surface area contributed by atoms with Crippen LogP contribution in [0, 0.1) is 0 Å². The summed E-state index contributed by atoms with van der Waals surface area (Å²) in [6.07, 6.45) is 7.54. The number of likely N-dealkylation sites (N-methyl/N-ethyl adjacent to an activating group) is 1. The Morgan fingerprint density at radius 1 is 0.643 bits per heavy atom. The molecule has 2 amide bonds. The first-order chi connectivity index (χ1) is 20.5. The number of likely N-dealkylation sites (tertiary alicyclic amines) is 2. The van der Waals surface area contributed by atoms with Crippen molar-refractivity contribution in [3.05, 3.63) is 59.2 Å². The maximum atomic E-state index is 13.4. The summed E-state index contributed by atoms with van der Waals surface area (Å²) in [6, 6.07) is 14.1. The van der Waals surface area contributed by atoms with Crippen LogP contribution in [0.3, 0.4) is 0 Å². The summed E-state index contributed by atoms with van der Waals surface area (Å²) in [4.78, 5) is 36.5. The minimum Gasteiger partial charge on any atom is -0.351 e. The maximum absolute atomic E-state index is 13.4. The molecule has 0 bridgehead atoms. The number of piperazine rings is 1. The zero-order valence-electron chi connectivity index (χ0n) is 25.6. The van der Waals surface area contributed by atoms with E-state index in [1.165, 1.54) is 44.1 Å². The van der Waals surface area contributed by atoms with Gasteiger partial charge in [-0.15, -0.1) is 0 Å². The summed E-state index contributed by atoms with van der Waals surface area (Å²) in [5, 5.41) is 6.26. The molecule has 0 saturated carbocycles. The van der Waals surface area contributed by atoms with E-state index in [9.17, 15) is 9.59 Å². The SMILES string of the molecule is CN1CCN(Cc2ccccc2-c2cc(C(=O)NCCN3CCCCC3)cc(C(=O)NCCN3CCCCC3)c2)CC1. The summed E-state index contributed by atoms with van der Waals surface area (Å²) >= 11 is 0. The first-order valence-corrected chi connectivity index (χ1v) is 16.2. The van der Waals surface area contributed by atoms with Crippen LogP contribution in [0.4, 0.5) is 0 Å². The number of hydrogen-bond acceptors (Lipinski definition) is 6. The van der Waals surface area contributed by atoms with E-state index >= 15 is 0 Å². The quantitative estimate of drug-likeness (QED) is 0.428. The van der Waals surface area contributed by atoms with E-state index in [0.717, 1.165) is 83.1 Å². The van der Waals surface area contributed by atoms with Crippen molar-refractivity contribution in [2.45, 2.75) is 45.1 Å². The Balaban J connectivity index is 1.32. The molecule has 8 nitrogen and oxygen atoms in total. The maximum Gasteiger partial charge on any atom is 0.251 e. The van der Waals surface area contributed by atoms with E-state index in [-0.39, 0.29) is 11.8 Å². The Hall–Kier alpha value is -2.78. The number of nitrogens with zero attached hydrogens (tertiary/aromatic N) is 4. The Morgan fingerprint density at radius 2 is 1.17 bits per heavy atom. The molecule has 3 heterocycles. The third-order valence-corrected chi connectivity index (χ3v) is 9.10. The lowest BCUT2D eigenvalue weighted by atomic mass is 9.95. The summed E-state index contributed by atoms with van der Waals surface area (Å²) < 4.78 is 0. The van der Waals surface area contributed by atoms with Crippen LogP contribution in [0.25, 0.3) is 11.1 Å². The molecule has 2 aromatic carbocycles. The molecule has 0 aromatic heterocycles. The lowest BCUT2D eigenvalue weighted by molar-refractivity contribution is 0.0946. The van der Waals surface area contributed by atoms with Gasteiger partial charge in [0, 0.05) is 70.0 Å². The number of piperidine rings is 2. The minimum atomic E-state index is -0.118. The molecule has 0 radical (unpaired) electrons. The first-order valence-electron chi connectivity index (χ1n) is 16.2. The number of rotatable bonds is 11. The Bertz CT molecular complexity index is 1110. The largest absolute Gasteiger partial charge is 0.351 e. The summed E-state index contributed by atoms with van der Waals surface area (Å²) in [5.41, 5.74) is 4.32. The fraction of sp³-hybridized carbons (Fsp3) is 0.588. The smallest absolute Gasteiger partial charge is 0.251 e. The summed E-state index contributed by atoms with van der Waals surface area (Å²) in [5.74, 6) is -0.236.